The Kier molecular flexibility index (Phi) is 3.33. The van der Waals surface area contributed by atoms with Gasteiger partial charge in [-0.3, -0.25) is 4.79 Å². The first-order valence-electron chi connectivity index (χ1n) is 6.78. The van der Waals surface area contributed by atoms with Crippen molar-refractivity contribution < 1.29 is 4.79 Å². The lowest BCUT2D eigenvalue weighted by atomic mass is 9.95. The number of amides is 1. The zero-order valence-corrected chi connectivity index (χ0v) is 11.3. The zero-order chi connectivity index (χ0) is 12.5. The lowest BCUT2D eigenvalue weighted by Gasteiger charge is -2.22. The molecule has 1 amide bonds. The Morgan fingerprint density at radius 1 is 1.22 bits per heavy atom. The number of carbonyl (C=O) groups is 1. The fourth-order valence-corrected chi connectivity index (χ4v) is 3.63. The minimum absolute atomic E-state index is 0.166. The number of fused-ring (bicyclic) bond motifs is 2. The Morgan fingerprint density at radius 3 is 2.61 bits per heavy atom. The summed E-state index contributed by atoms with van der Waals surface area (Å²) in [6.07, 6.45) is 5.71. The van der Waals surface area contributed by atoms with E-state index in [9.17, 15) is 4.79 Å². The van der Waals surface area contributed by atoms with Crippen LogP contribution in [0.1, 0.15) is 31.2 Å². The molecule has 0 spiro atoms. The van der Waals surface area contributed by atoms with Crippen molar-refractivity contribution in [2.24, 2.45) is 11.8 Å². The van der Waals surface area contributed by atoms with Crippen molar-refractivity contribution >= 4 is 18.5 Å². The summed E-state index contributed by atoms with van der Waals surface area (Å²) in [4.78, 5) is 12.9. The van der Waals surface area contributed by atoms with Crippen molar-refractivity contribution in [1.29, 1.82) is 0 Å². The van der Waals surface area contributed by atoms with E-state index in [4.69, 9.17) is 0 Å². The van der Waals surface area contributed by atoms with E-state index < -0.39 is 0 Å². The van der Waals surface area contributed by atoms with E-state index in [0.717, 1.165) is 22.3 Å². The normalized spacial score (nSPS) is 29.5. The van der Waals surface area contributed by atoms with Crippen LogP contribution in [-0.2, 0) is 11.2 Å². The first kappa shape index (κ1) is 12.1. The maximum Gasteiger partial charge on any atom is 0.224 e. The van der Waals surface area contributed by atoms with Crippen LogP contribution in [-0.4, -0.2) is 11.9 Å². The van der Waals surface area contributed by atoms with Gasteiger partial charge in [-0.25, -0.2) is 0 Å². The van der Waals surface area contributed by atoms with Gasteiger partial charge in [-0.05, 0) is 48.8 Å². The van der Waals surface area contributed by atoms with E-state index >= 15 is 0 Å². The van der Waals surface area contributed by atoms with Crippen LogP contribution in [0.25, 0.3) is 0 Å². The summed E-state index contributed by atoms with van der Waals surface area (Å²) in [5.41, 5.74) is 1.06. The maximum absolute atomic E-state index is 12.0. The molecule has 0 aliphatic heterocycles. The van der Waals surface area contributed by atoms with E-state index in [2.05, 4.69) is 17.9 Å². The van der Waals surface area contributed by atoms with Crippen molar-refractivity contribution in [3.8, 4) is 0 Å². The van der Waals surface area contributed by atoms with Crippen LogP contribution in [0.4, 0.5) is 0 Å². The molecule has 2 nitrogen and oxygen atoms in total. The first-order chi connectivity index (χ1) is 8.70. The van der Waals surface area contributed by atoms with Gasteiger partial charge in [0.1, 0.15) is 0 Å². The molecule has 1 aromatic carbocycles. The molecule has 2 saturated carbocycles. The Balaban J connectivity index is 1.54. The summed E-state index contributed by atoms with van der Waals surface area (Å²) in [6, 6.07) is 8.26. The highest BCUT2D eigenvalue weighted by Gasteiger charge is 2.39. The first-order valence-corrected chi connectivity index (χ1v) is 7.22. The fraction of sp³-hybridized carbons (Fsp3) is 0.533. The van der Waals surface area contributed by atoms with Gasteiger partial charge in [-0.15, -0.1) is 12.6 Å². The lowest BCUT2D eigenvalue weighted by Crippen LogP contribution is -2.39. The van der Waals surface area contributed by atoms with Crippen LogP contribution in [0, 0.1) is 11.8 Å². The van der Waals surface area contributed by atoms with Crippen molar-refractivity contribution in [2.75, 3.05) is 0 Å². The Morgan fingerprint density at radius 2 is 2.00 bits per heavy atom. The van der Waals surface area contributed by atoms with Crippen molar-refractivity contribution in [3.63, 3.8) is 0 Å². The van der Waals surface area contributed by atoms with Gasteiger partial charge in [0.05, 0.1) is 6.42 Å². The summed E-state index contributed by atoms with van der Waals surface area (Å²) in [5, 5.41) is 3.22. The second kappa shape index (κ2) is 4.96. The van der Waals surface area contributed by atoms with Gasteiger partial charge in [-0.2, -0.15) is 0 Å². The van der Waals surface area contributed by atoms with Crippen molar-refractivity contribution in [2.45, 2.75) is 43.0 Å². The molecule has 0 aromatic heterocycles. The van der Waals surface area contributed by atoms with Crippen LogP contribution in [0.15, 0.2) is 29.2 Å². The molecule has 2 fully saturated rings. The zero-order valence-electron chi connectivity index (χ0n) is 10.4. The highest BCUT2D eigenvalue weighted by Crippen LogP contribution is 2.44. The number of nitrogens with one attached hydrogen (secondary N) is 1. The minimum Gasteiger partial charge on any atom is -0.353 e. The van der Waals surface area contributed by atoms with Gasteiger partial charge in [0, 0.05) is 10.9 Å². The molecule has 0 radical (unpaired) electrons. The summed E-state index contributed by atoms with van der Waals surface area (Å²) >= 11 is 4.25. The molecule has 2 bridgehead atoms. The molecule has 1 N–H and O–H groups in total. The summed E-state index contributed by atoms with van der Waals surface area (Å²) < 4.78 is 0. The molecule has 3 heteroatoms. The number of carbonyl (C=O) groups excluding carboxylic acids is 1. The number of benzene rings is 1. The van der Waals surface area contributed by atoms with Gasteiger partial charge < -0.3 is 5.32 Å². The molecule has 3 rings (SSSR count). The minimum atomic E-state index is 0.166. The van der Waals surface area contributed by atoms with E-state index in [-0.39, 0.29) is 5.91 Å². The molecule has 0 heterocycles. The molecule has 1 aromatic rings. The average molecular weight is 261 g/mol. The number of rotatable bonds is 3. The topological polar surface area (TPSA) is 29.1 Å². The van der Waals surface area contributed by atoms with Crippen LogP contribution in [0.2, 0.25) is 0 Å². The van der Waals surface area contributed by atoms with E-state index in [1.54, 1.807) is 0 Å². The molecule has 3 atom stereocenters. The predicted octanol–water partition coefficient (Wildman–Crippen LogP) is 2.82. The Bertz CT molecular complexity index is 442. The quantitative estimate of drug-likeness (QED) is 0.805. The number of hydrogen-bond acceptors (Lipinski definition) is 2. The second-order valence-electron chi connectivity index (χ2n) is 5.69. The molecular weight excluding hydrogens is 242 g/mol. The monoisotopic (exact) mass is 261 g/mol. The third-order valence-electron chi connectivity index (χ3n) is 4.39. The smallest absolute Gasteiger partial charge is 0.224 e. The summed E-state index contributed by atoms with van der Waals surface area (Å²) in [5.74, 6) is 1.79. The van der Waals surface area contributed by atoms with Gasteiger partial charge in [0.2, 0.25) is 5.91 Å². The molecule has 0 saturated heterocycles. The van der Waals surface area contributed by atoms with Crippen LogP contribution in [0.5, 0.6) is 0 Å². The third kappa shape index (κ3) is 2.56. The van der Waals surface area contributed by atoms with Gasteiger partial charge in [-0.1, -0.05) is 18.6 Å². The molecule has 96 valence electrons. The van der Waals surface area contributed by atoms with Crippen LogP contribution < -0.4 is 5.32 Å². The second-order valence-corrected chi connectivity index (χ2v) is 6.21. The molecular formula is C15H19NOS. The third-order valence-corrected chi connectivity index (χ3v) is 4.68. The maximum atomic E-state index is 12.0. The van der Waals surface area contributed by atoms with Crippen LogP contribution in [0.3, 0.4) is 0 Å². The largest absolute Gasteiger partial charge is 0.353 e. The fourth-order valence-electron chi connectivity index (χ4n) is 3.48. The molecule has 2 aliphatic carbocycles. The van der Waals surface area contributed by atoms with Gasteiger partial charge in [0.25, 0.3) is 0 Å². The standard InChI is InChI=1S/C15H19NOS/c17-15(9-10-2-5-13(18)6-3-10)16-14-8-11-1-4-12(14)7-11/h2-3,5-6,11-12,14,18H,1,4,7-9H2,(H,16,17). The van der Waals surface area contributed by atoms with E-state index in [1.165, 1.54) is 25.7 Å². The molecule has 2 aliphatic rings. The SMILES string of the molecule is O=C(Cc1ccc(S)cc1)NC1CC2CCC1C2. The lowest BCUT2D eigenvalue weighted by molar-refractivity contribution is -0.121. The Hall–Kier alpha value is -0.960. The average Bonchev–Trinajstić information content (AvgIpc) is 2.94. The van der Waals surface area contributed by atoms with Gasteiger partial charge >= 0.3 is 0 Å². The predicted molar refractivity (Wildman–Crippen MR) is 74.8 cm³/mol. The van der Waals surface area contributed by atoms with Crippen LogP contribution >= 0.6 is 12.6 Å². The number of thiol groups is 1. The highest BCUT2D eigenvalue weighted by molar-refractivity contribution is 7.80. The van der Waals surface area contributed by atoms with E-state index in [1.807, 2.05) is 24.3 Å². The Labute approximate surface area is 114 Å². The summed E-state index contributed by atoms with van der Waals surface area (Å²) in [6.45, 7) is 0. The molecule has 3 unspecified atom stereocenters. The van der Waals surface area contributed by atoms with Crippen molar-refractivity contribution in [3.05, 3.63) is 29.8 Å². The highest BCUT2D eigenvalue weighted by atomic mass is 32.1. The molecule has 18 heavy (non-hydrogen) atoms. The summed E-state index contributed by atoms with van der Waals surface area (Å²) in [7, 11) is 0. The van der Waals surface area contributed by atoms with Crippen molar-refractivity contribution in [1.82, 2.24) is 5.32 Å². The number of hydrogen-bond donors (Lipinski definition) is 2. The van der Waals surface area contributed by atoms with E-state index in [0.29, 0.717) is 12.5 Å². The van der Waals surface area contributed by atoms with Gasteiger partial charge in [0.15, 0.2) is 0 Å².